The summed E-state index contributed by atoms with van der Waals surface area (Å²) in [6.07, 6.45) is -4.80. The second-order valence-electron chi connectivity index (χ2n) is 5.92. The van der Waals surface area contributed by atoms with Crippen molar-refractivity contribution in [3.8, 4) is 5.75 Å². The number of nitrogens with zero attached hydrogens (tertiary/aromatic N) is 1. The number of carbonyl (C=O) groups is 1. The average molecular weight is 392 g/mol. The highest BCUT2D eigenvalue weighted by atomic mass is 16.6. The lowest BCUT2D eigenvalue weighted by Gasteiger charge is -2.17. The number of ether oxygens (including phenoxy) is 2. The first kappa shape index (κ1) is 19.4. The van der Waals surface area contributed by atoms with E-state index in [-0.39, 0.29) is 0 Å². The Morgan fingerprint density at radius 3 is 2.46 bits per heavy atom. The van der Waals surface area contributed by atoms with Crippen molar-refractivity contribution < 1.29 is 34.7 Å². The molecule has 11 nitrogen and oxygen atoms in total. The van der Waals surface area contributed by atoms with Crippen molar-refractivity contribution in [3.05, 3.63) is 75.0 Å². The van der Waals surface area contributed by atoms with Crippen LogP contribution in [0.2, 0.25) is 0 Å². The zero-order valence-corrected chi connectivity index (χ0v) is 14.1. The van der Waals surface area contributed by atoms with Crippen molar-refractivity contribution in [2.24, 2.45) is 0 Å². The molecule has 1 aromatic heterocycles. The summed E-state index contributed by atoms with van der Waals surface area (Å²) in [6.45, 7) is 0. The minimum Gasteiger partial charge on any atom is -0.506 e. The maximum absolute atomic E-state index is 12.0. The number of aliphatic hydroxyl groups excluding tert-OH is 3. The molecular weight excluding hydrogens is 376 g/mol. The second kappa shape index (κ2) is 7.68. The highest BCUT2D eigenvalue weighted by Crippen LogP contribution is 2.31. The Morgan fingerprint density at radius 2 is 1.82 bits per heavy atom. The van der Waals surface area contributed by atoms with E-state index < -0.39 is 53.1 Å². The van der Waals surface area contributed by atoms with E-state index in [1.54, 1.807) is 35.3 Å². The smallest absolute Gasteiger partial charge is 0.342 e. The maximum atomic E-state index is 12.0. The van der Waals surface area contributed by atoms with Gasteiger partial charge in [-0.3, -0.25) is 14.3 Å². The van der Waals surface area contributed by atoms with Crippen LogP contribution in [0.15, 0.2) is 58.1 Å². The van der Waals surface area contributed by atoms with Gasteiger partial charge in [0.15, 0.2) is 12.0 Å². The topological polar surface area (TPSA) is 171 Å². The van der Waals surface area contributed by atoms with Crippen molar-refractivity contribution in [2.75, 3.05) is 0 Å². The molecule has 3 rings (SSSR count). The molecule has 0 spiro atoms. The fourth-order valence-electron chi connectivity index (χ4n) is 2.66. The van der Waals surface area contributed by atoms with Gasteiger partial charge in [0.05, 0.1) is 0 Å². The first-order valence-corrected chi connectivity index (χ1v) is 8.00. The molecular formula is C17H16N2O9. The number of nitrogens with one attached hydrogen (secondary N) is 1. The van der Waals surface area contributed by atoms with E-state index in [0.29, 0.717) is 16.5 Å². The lowest BCUT2D eigenvalue weighted by atomic mass is 10.1. The van der Waals surface area contributed by atoms with Crippen LogP contribution in [0.4, 0.5) is 0 Å². The predicted molar refractivity (Wildman–Crippen MR) is 92.0 cm³/mol. The Hall–Kier alpha value is -3.41. The quantitative estimate of drug-likeness (QED) is 0.414. The number of H-pyrrole nitrogens is 1. The van der Waals surface area contributed by atoms with Crippen LogP contribution in [0.1, 0.15) is 16.6 Å². The number of aromatic carboxylic acids is 1. The summed E-state index contributed by atoms with van der Waals surface area (Å²) in [5.74, 6) is -1.78. The summed E-state index contributed by atoms with van der Waals surface area (Å²) in [7, 11) is 0. The first-order valence-electron chi connectivity index (χ1n) is 8.00. The molecule has 0 saturated carbocycles. The molecule has 1 saturated heterocycles. The van der Waals surface area contributed by atoms with Crippen LogP contribution in [-0.4, -0.2) is 54.3 Å². The van der Waals surface area contributed by atoms with Gasteiger partial charge in [0.2, 0.25) is 0 Å². The van der Waals surface area contributed by atoms with Gasteiger partial charge in [0, 0.05) is 6.20 Å². The zero-order chi connectivity index (χ0) is 20.4. The van der Waals surface area contributed by atoms with Gasteiger partial charge in [-0.25, -0.2) is 9.59 Å². The van der Waals surface area contributed by atoms with Gasteiger partial charge in [0.25, 0.3) is 5.56 Å². The molecule has 5 N–H and O–H groups in total. The minimum atomic E-state index is -1.71. The molecule has 148 valence electrons. The lowest BCUT2D eigenvalue weighted by Crippen LogP contribution is -2.39. The average Bonchev–Trinajstić information content (AvgIpc) is 2.96. The second-order valence-corrected chi connectivity index (χ2v) is 5.92. The molecule has 11 heteroatoms. The van der Waals surface area contributed by atoms with Crippen LogP contribution in [0, 0.1) is 0 Å². The van der Waals surface area contributed by atoms with E-state index in [4.69, 9.17) is 14.6 Å². The standard InChI is InChI=1S/C17H16N2O9/c20-10(7-27-8-4-2-1-3-5-8)13-11(21)12(22)15(28-13)19-6-9(16(24)25)14(23)18-17(19)26/h1-7,11-13,15,20-22H,(H,24,25)(H,18,23,26)/t11-,12+,13+,15+/m0/s1. The molecule has 0 unspecified atom stereocenters. The third kappa shape index (κ3) is 3.67. The third-order valence-corrected chi connectivity index (χ3v) is 4.06. The normalized spacial score (nSPS) is 24.9. The molecule has 0 bridgehead atoms. The Labute approximate surface area is 156 Å². The summed E-state index contributed by atoms with van der Waals surface area (Å²) in [4.78, 5) is 36.4. The van der Waals surface area contributed by atoms with E-state index in [0.717, 1.165) is 6.26 Å². The molecule has 1 aromatic carbocycles. The number of benzene rings is 1. The number of aromatic nitrogens is 2. The highest BCUT2D eigenvalue weighted by Gasteiger charge is 2.46. The molecule has 1 aliphatic rings. The molecule has 0 aliphatic carbocycles. The molecule has 0 amide bonds. The van der Waals surface area contributed by atoms with Gasteiger partial charge in [-0.1, -0.05) is 18.2 Å². The predicted octanol–water partition coefficient (Wildman–Crippen LogP) is -0.668. The number of aromatic amines is 1. The minimum absolute atomic E-state index is 0.390. The van der Waals surface area contributed by atoms with Crippen molar-refractivity contribution >= 4 is 5.97 Å². The third-order valence-electron chi connectivity index (χ3n) is 4.06. The monoisotopic (exact) mass is 392 g/mol. The van der Waals surface area contributed by atoms with Crippen LogP contribution in [-0.2, 0) is 4.74 Å². The van der Waals surface area contributed by atoms with Crippen LogP contribution < -0.4 is 16.0 Å². The SMILES string of the molecule is O=C(O)c1cn([C@@H]2O[C@H](C(O)=COc3ccccc3)[C@@H](O)[C@H]2O)c(=O)[nH]c1=O. The van der Waals surface area contributed by atoms with Gasteiger partial charge in [-0.2, -0.15) is 0 Å². The van der Waals surface area contributed by atoms with Crippen molar-refractivity contribution in [2.45, 2.75) is 24.5 Å². The van der Waals surface area contributed by atoms with Crippen LogP contribution in [0.3, 0.4) is 0 Å². The van der Waals surface area contributed by atoms with Gasteiger partial charge in [-0.05, 0) is 12.1 Å². The number of para-hydroxylation sites is 1. The molecule has 0 radical (unpaired) electrons. The number of carboxylic acid groups (broad SMARTS) is 1. The largest absolute Gasteiger partial charge is 0.506 e. The van der Waals surface area contributed by atoms with Gasteiger partial charge in [-0.15, -0.1) is 0 Å². The van der Waals surface area contributed by atoms with Gasteiger partial charge < -0.3 is 29.9 Å². The fraction of sp³-hybridized carbons (Fsp3) is 0.235. The van der Waals surface area contributed by atoms with Crippen molar-refractivity contribution in [1.82, 2.24) is 9.55 Å². The summed E-state index contributed by atoms with van der Waals surface area (Å²) in [5.41, 5.74) is -2.95. The molecule has 1 aliphatic heterocycles. The number of carboxylic acids is 1. The number of aliphatic hydroxyl groups is 3. The Bertz CT molecular complexity index is 1010. The van der Waals surface area contributed by atoms with Crippen LogP contribution >= 0.6 is 0 Å². The zero-order valence-electron chi connectivity index (χ0n) is 14.1. The van der Waals surface area contributed by atoms with E-state index in [1.807, 2.05) is 0 Å². The Morgan fingerprint density at radius 1 is 1.14 bits per heavy atom. The first-order chi connectivity index (χ1) is 13.3. The van der Waals surface area contributed by atoms with Gasteiger partial charge in [0.1, 0.15) is 35.9 Å². The lowest BCUT2D eigenvalue weighted by molar-refractivity contribution is -0.0398. The fourth-order valence-corrected chi connectivity index (χ4v) is 2.66. The van der Waals surface area contributed by atoms with Crippen molar-refractivity contribution in [3.63, 3.8) is 0 Å². The Balaban J connectivity index is 1.86. The van der Waals surface area contributed by atoms with E-state index in [9.17, 15) is 29.7 Å². The van der Waals surface area contributed by atoms with Crippen LogP contribution in [0.5, 0.6) is 5.75 Å². The van der Waals surface area contributed by atoms with Gasteiger partial charge >= 0.3 is 11.7 Å². The number of rotatable bonds is 5. The molecule has 28 heavy (non-hydrogen) atoms. The summed E-state index contributed by atoms with van der Waals surface area (Å²) in [6, 6.07) is 8.38. The van der Waals surface area contributed by atoms with E-state index in [2.05, 4.69) is 0 Å². The van der Waals surface area contributed by atoms with Crippen molar-refractivity contribution in [1.29, 1.82) is 0 Å². The maximum Gasteiger partial charge on any atom is 0.342 e. The molecule has 1 fully saturated rings. The summed E-state index contributed by atoms with van der Waals surface area (Å²) < 4.78 is 11.2. The summed E-state index contributed by atoms with van der Waals surface area (Å²) in [5, 5.41) is 39.5. The molecule has 2 aromatic rings. The van der Waals surface area contributed by atoms with Crippen LogP contribution in [0.25, 0.3) is 0 Å². The molecule has 4 atom stereocenters. The summed E-state index contributed by atoms with van der Waals surface area (Å²) >= 11 is 0. The highest BCUT2D eigenvalue weighted by molar-refractivity contribution is 5.86. The van der Waals surface area contributed by atoms with E-state index >= 15 is 0 Å². The molecule has 2 heterocycles. The Kier molecular flexibility index (Phi) is 5.31. The van der Waals surface area contributed by atoms with E-state index in [1.165, 1.54) is 0 Å². The number of hydrogen-bond donors (Lipinski definition) is 5. The number of hydrogen-bond acceptors (Lipinski definition) is 8.